The third-order valence-electron chi connectivity index (χ3n) is 5.32. The summed E-state index contributed by atoms with van der Waals surface area (Å²) in [5.41, 5.74) is 1.51. The number of pyridine rings is 1. The van der Waals surface area contributed by atoms with E-state index in [4.69, 9.17) is 0 Å². The van der Waals surface area contributed by atoms with E-state index in [1.54, 1.807) is 16.8 Å². The molecule has 0 unspecified atom stereocenters. The molecule has 0 saturated carbocycles. The molecule has 0 aliphatic carbocycles. The van der Waals surface area contributed by atoms with Gasteiger partial charge in [-0.25, -0.2) is 0 Å². The number of hydrogen-bond acceptors (Lipinski definition) is 3. The van der Waals surface area contributed by atoms with E-state index in [9.17, 15) is 9.59 Å². The Labute approximate surface area is 161 Å². The van der Waals surface area contributed by atoms with Crippen LogP contribution in [0.5, 0.6) is 0 Å². The average Bonchev–Trinajstić information content (AvgIpc) is 2.98. The van der Waals surface area contributed by atoms with Crippen LogP contribution in [0.1, 0.15) is 54.6 Å². The van der Waals surface area contributed by atoms with E-state index >= 15 is 0 Å². The molecule has 5 nitrogen and oxygen atoms in total. The highest BCUT2D eigenvalue weighted by molar-refractivity contribution is 5.94. The van der Waals surface area contributed by atoms with Crippen LogP contribution in [0.25, 0.3) is 0 Å². The summed E-state index contributed by atoms with van der Waals surface area (Å²) < 4.78 is 1.58. The van der Waals surface area contributed by atoms with Crippen molar-refractivity contribution in [3.8, 4) is 0 Å². The van der Waals surface area contributed by atoms with Gasteiger partial charge >= 0.3 is 0 Å². The van der Waals surface area contributed by atoms with Gasteiger partial charge in [-0.1, -0.05) is 43.2 Å². The quantitative estimate of drug-likeness (QED) is 0.853. The van der Waals surface area contributed by atoms with Gasteiger partial charge in [-0.3, -0.25) is 14.5 Å². The molecule has 1 aromatic heterocycles. The molecule has 1 aliphatic rings. The van der Waals surface area contributed by atoms with Crippen LogP contribution >= 0.6 is 0 Å². The van der Waals surface area contributed by atoms with Crippen molar-refractivity contribution >= 4 is 5.91 Å². The first-order valence-electron chi connectivity index (χ1n) is 9.96. The minimum Gasteiger partial charge on any atom is -0.350 e. The van der Waals surface area contributed by atoms with Gasteiger partial charge in [0.2, 0.25) is 0 Å². The minimum absolute atomic E-state index is 0.141. The molecular formula is C22H29N3O2. The second-order valence-electron chi connectivity index (χ2n) is 7.13. The number of aromatic nitrogens is 1. The van der Waals surface area contributed by atoms with Gasteiger partial charge in [-0.2, -0.15) is 0 Å². The summed E-state index contributed by atoms with van der Waals surface area (Å²) in [6.07, 6.45) is 6.63. The van der Waals surface area contributed by atoms with Gasteiger partial charge < -0.3 is 9.88 Å². The smallest absolute Gasteiger partial charge is 0.251 e. The number of hydrogen-bond donors (Lipinski definition) is 1. The molecule has 1 fully saturated rings. The van der Waals surface area contributed by atoms with Crippen LogP contribution in [0.3, 0.4) is 0 Å². The van der Waals surface area contributed by atoms with Crippen molar-refractivity contribution in [1.82, 2.24) is 14.8 Å². The molecular weight excluding hydrogens is 338 g/mol. The number of carbonyl (C=O) groups excluding carboxylic acids is 1. The monoisotopic (exact) mass is 367 g/mol. The number of likely N-dealkylation sites (tertiary alicyclic amines) is 1. The Bertz CT molecular complexity index is 793. The Kier molecular flexibility index (Phi) is 6.82. The number of rotatable bonds is 6. The average molecular weight is 367 g/mol. The molecule has 1 aliphatic heterocycles. The molecule has 1 N–H and O–H groups in total. The highest BCUT2D eigenvalue weighted by atomic mass is 16.2. The molecule has 5 heteroatoms. The molecule has 2 aromatic rings. The van der Waals surface area contributed by atoms with Crippen molar-refractivity contribution in [2.75, 3.05) is 19.6 Å². The van der Waals surface area contributed by atoms with Crippen molar-refractivity contribution in [3.05, 3.63) is 70.1 Å². The lowest BCUT2D eigenvalue weighted by Crippen LogP contribution is -2.39. The van der Waals surface area contributed by atoms with Gasteiger partial charge in [0.1, 0.15) is 0 Å². The standard InChI is InChI=1S/C22H29N3O2/c1-2-24-15-12-19(16-21(24)26)22(27)23-17-20(18-10-6-5-7-11-18)25-13-8-3-4-9-14-25/h5-7,10-12,15-16,20H,2-4,8-9,13-14,17H2,1H3,(H,23,27)/t20-/m1/s1. The van der Waals surface area contributed by atoms with Crippen LogP contribution in [-0.4, -0.2) is 35.0 Å². The van der Waals surface area contributed by atoms with Crippen molar-refractivity contribution in [2.24, 2.45) is 0 Å². The number of aryl methyl sites for hydroxylation is 1. The fourth-order valence-corrected chi connectivity index (χ4v) is 3.74. The zero-order valence-corrected chi connectivity index (χ0v) is 16.1. The zero-order valence-electron chi connectivity index (χ0n) is 16.1. The number of nitrogens with one attached hydrogen (secondary N) is 1. The van der Waals surface area contributed by atoms with Crippen molar-refractivity contribution < 1.29 is 4.79 Å². The van der Waals surface area contributed by atoms with E-state index < -0.39 is 0 Å². The maximum atomic E-state index is 12.6. The minimum atomic E-state index is -0.189. The van der Waals surface area contributed by atoms with E-state index in [0.29, 0.717) is 18.7 Å². The van der Waals surface area contributed by atoms with Gasteiger partial charge in [0.15, 0.2) is 0 Å². The first kappa shape index (κ1) is 19.4. The lowest BCUT2D eigenvalue weighted by atomic mass is 10.0. The van der Waals surface area contributed by atoms with E-state index in [1.165, 1.54) is 37.3 Å². The molecule has 2 heterocycles. The Hall–Kier alpha value is -2.40. The predicted octanol–water partition coefficient (Wildman–Crippen LogP) is 3.22. The van der Waals surface area contributed by atoms with Crippen LogP contribution in [0.2, 0.25) is 0 Å². The Balaban J connectivity index is 1.73. The Morgan fingerprint density at radius 3 is 2.41 bits per heavy atom. The summed E-state index contributed by atoms with van der Waals surface area (Å²) in [6.45, 7) is 5.17. The molecule has 144 valence electrons. The Morgan fingerprint density at radius 1 is 1.07 bits per heavy atom. The lowest BCUT2D eigenvalue weighted by Gasteiger charge is -2.31. The van der Waals surface area contributed by atoms with Crippen molar-refractivity contribution in [2.45, 2.75) is 45.2 Å². The normalized spacial score (nSPS) is 16.5. The highest BCUT2D eigenvalue weighted by Gasteiger charge is 2.22. The van der Waals surface area contributed by atoms with Gasteiger partial charge in [0.05, 0.1) is 6.04 Å². The molecule has 0 bridgehead atoms. The highest BCUT2D eigenvalue weighted by Crippen LogP contribution is 2.23. The van der Waals surface area contributed by atoms with Crippen LogP contribution in [0, 0.1) is 0 Å². The van der Waals surface area contributed by atoms with E-state index in [0.717, 1.165) is 13.1 Å². The van der Waals surface area contributed by atoms with Crippen molar-refractivity contribution in [3.63, 3.8) is 0 Å². The first-order chi connectivity index (χ1) is 13.2. The molecule has 1 amide bonds. The number of nitrogens with zero attached hydrogens (tertiary/aromatic N) is 2. The topological polar surface area (TPSA) is 54.3 Å². The summed E-state index contributed by atoms with van der Waals surface area (Å²) in [5.74, 6) is -0.189. The molecule has 1 atom stereocenters. The third kappa shape index (κ3) is 5.07. The van der Waals surface area contributed by atoms with Crippen molar-refractivity contribution in [1.29, 1.82) is 0 Å². The number of carbonyl (C=O) groups is 1. The summed E-state index contributed by atoms with van der Waals surface area (Å²) in [5, 5.41) is 3.05. The van der Waals surface area contributed by atoms with Gasteiger partial charge in [-0.15, -0.1) is 0 Å². The first-order valence-corrected chi connectivity index (χ1v) is 9.96. The zero-order chi connectivity index (χ0) is 19.1. The van der Waals surface area contributed by atoms with Gasteiger partial charge in [0, 0.05) is 30.9 Å². The summed E-state index contributed by atoms with van der Waals surface area (Å²) >= 11 is 0. The maximum absolute atomic E-state index is 12.6. The van der Waals surface area contributed by atoms with Crippen LogP contribution in [0.4, 0.5) is 0 Å². The summed E-state index contributed by atoms with van der Waals surface area (Å²) in [6, 6.07) is 13.7. The molecule has 1 saturated heterocycles. The predicted molar refractivity (Wildman–Crippen MR) is 108 cm³/mol. The van der Waals surface area contributed by atoms with E-state index in [1.807, 2.05) is 25.1 Å². The maximum Gasteiger partial charge on any atom is 0.251 e. The second kappa shape index (κ2) is 9.51. The summed E-state index contributed by atoms with van der Waals surface area (Å²) in [4.78, 5) is 27.1. The van der Waals surface area contributed by atoms with Crippen LogP contribution in [-0.2, 0) is 6.54 Å². The molecule has 1 aromatic carbocycles. The fraction of sp³-hybridized carbons (Fsp3) is 0.455. The Morgan fingerprint density at radius 2 is 1.78 bits per heavy atom. The molecule has 0 radical (unpaired) electrons. The fourth-order valence-electron chi connectivity index (χ4n) is 3.74. The molecule has 27 heavy (non-hydrogen) atoms. The SMILES string of the molecule is CCn1ccc(C(=O)NC[C@H](c2ccccc2)N2CCCCCC2)cc1=O. The van der Waals surface area contributed by atoms with Crippen LogP contribution in [0.15, 0.2) is 53.5 Å². The molecule has 0 spiro atoms. The molecule has 3 rings (SSSR count). The largest absolute Gasteiger partial charge is 0.350 e. The van der Waals surface area contributed by atoms with Crippen LogP contribution < -0.4 is 10.9 Å². The van der Waals surface area contributed by atoms with Gasteiger partial charge in [0.25, 0.3) is 11.5 Å². The van der Waals surface area contributed by atoms with E-state index in [-0.39, 0.29) is 17.5 Å². The number of amides is 1. The summed E-state index contributed by atoms with van der Waals surface area (Å²) in [7, 11) is 0. The lowest BCUT2D eigenvalue weighted by molar-refractivity contribution is 0.0933. The second-order valence-corrected chi connectivity index (χ2v) is 7.13. The van der Waals surface area contributed by atoms with Gasteiger partial charge in [-0.05, 0) is 44.5 Å². The van der Waals surface area contributed by atoms with E-state index in [2.05, 4.69) is 22.3 Å². The number of benzene rings is 1. The third-order valence-corrected chi connectivity index (χ3v) is 5.32.